The van der Waals surface area contributed by atoms with Crippen LogP contribution >= 0.6 is 11.6 Å². The summed E-state index contributed by atoms with van der Waals surface area (Å²) < 4.78 is 4.90. The van der Waals surface area contributed by atoms with Crippen LogP contribution in [0.1, 0.15) is 21.6 Å². The van der Waals surface area contributed by atoms with E-state index in [4.69, 9.17) is 16.3 Å². The Bertz CT molecular complexity index is 681. The molecule has 2 rings (SSSR count). The molecule has 0 unspecified atom stereocenters. The van der Waals surface area contributed by atoms with Crippen molar-refractivity contribution >= 4 is 28.9 Å². The zero-order valence-corrected chi connectivity index (χ0v) is 14.2. The van der Waals surface area contributed by atoms with Crippen molar-refractivity contribution in [1.82, 2.24) is 10.3 Å². The third-order valence-corrected chi connectivity index (χ3v) is 3.58. The van der Waals surface area contributed by atoms with E-state index < -0.39 is 0 Å². The lowest BCUT2D eigenvalue weighted by molar-refractivity contribution is 0.0932. The summed E-state index contributed by atoms with van der Waals surface area (Å²) in [5.41, 5.74) is 4.07. The molecule has 0 atom stereocenters. The number of carbonyl (C=O) groups is 1. The molecule has 122 valence electrons. The summed E-state index contributed by atoms with van der Waals surface area (Å²) in [6.45, 7) is 4.89. The second kappa shape index (κ2) is 7.94. The number of methoxy groups -OCH3 is 1. The van der Waals surface area contributed by atoms with Gasteiger partial charge < -0.3 is 15.4 Å². The first-order chi connectivity index (χ1) is 11.0. The maximum absolute atomic E-state index is 12.0. The highest BCUT2D eigenvalue weighted by Gasteiger charge is 2.10. The van der Waals surface area contributed by atoms with Crippen molar-refractivity contribution in [3.8, 4) is 0 Å². The molecule has 0 saturated carbocycles. The van der Waals surface area contributed by atoms with Gasteiger partial charge in [-0.05, 0) is 43.2 Å². The molecule has 0 radical (unpaired) electrons. The van der Waals surface area contributed by atoms with Gasteiger partial charge in [0.15, 0.2) is 0 Å². The van der Waals surface area contributed by atoms with Gasteiger partial charge in [-0.25, -0.2) is 0 Å². The van der Waals surface area contributed by atoms with Gasteiger partial charge in [-0.3, -0.25) is 9.78 Å². The third kappa shape index (κ3) is 4.68. The van der Waals surface area contributed by atoms with Crippen LogP contribution in [-0.2, 0) is 4.74 Å². The highest BCUT2D eigenvalue weighted by molar-refractivity contribution is 6.33. The van der Waals surface area contributed by atoms with Crippen molar-refractivity contribution in [2.45, 2.75) is 13.8 Å². The molecule has 2 N–H and O–H groups in total. The monoisotopic (exact) mass is 333 g/mol. The second-order valence-electron chi connectivity index (χ2n) is 5.24. The molecule has 1 aromatic heterocycles. The van der Waals surface area contributed by atoms with Crippen LogP contribution in [-0.4, -0.2) is 31.2 Å². The Labute approximate surface area is 141 Å². The Morgan fingerprint density at radius 3 is 2.78 bits per heavy atom. The number of hydrogen-bond donors (Lipinski definition) is 2. The quantitative estimate of drug-likeness (QED) is 0.794. The summed E-state index contributed by atoms with van der Waals surface area (Å²) in [6, 6.07) is 7.43. The number of nitrogens with one attached hydrogen (secondary N) is 2. The molecule has 1 aromatic carbocycles. The van der Waals surface area contributed by atoms with Crippen molar-refractivity contribution in [3.63, 3.8) is 0 Å². The van der Waals surface area contributed by atoms with E-state index in [1.165, 1.54) is 0 Å². The minimum atomic E-state index is -0.238. The van der Waals surface area contributed by atoms with E-state index in [0.29, 0.717) is 23.9 Å². The maximum atomic E-state index is 12.0. The van der Waals surface area contributed by atoms with Gasteiger partial charge in [-0.2, -0.15) is 0 Å². The number of hydrogen-bond acceptors (Lipinski definition) is 4. The predicted molar refractivity (Wildman–Crippen MR) is 92.7 cm³/mol. The molecule has 0 aliphatic heterocycles. The highest BCUT2D eigenvalue weighted by Crippen LogP contribution is 2.30. The smallest absolute Gasteiger partial charge is 0.270 e. The zero-order chi connectivity index (χ0) is 16.8. The van der Waals surface area contributed by atoms with Gasteiger partial charge >= 0.3 is 0 Å². The number of anilines is 2. The molecule has 0 bridgehead atoms. The van der Waals surface area contributed by atoms with Crippen LogP contribution in [0.15, 0.2) is 30.5 Å². The Morgan fingerprint density at radius 1 is 1.30 bits per heavy atom. The number of pyridine rings is 1. The fraction of sp³-hybridized carbons (Fsp3) is 0.294. The third-order valence-electron chi connectivity index (χ3n) is 3.29. The van der Waals surface area contributed by atoms with Crippen LogP contribution in [0.25, 0.3) is 0 Å². The van der Waals surface area contributed by atoms with Gasteiger partial charge in [0.2, 0.25) is 0 Å². The lowest BCUT2D eigenvalue weighted by atomic mass is 10.1. The molecule has 0 spiro atoms. The first-order valence-electron chi connectivity index (χ1n) is 7.28. The molecule has 1 amide bonds. The van der Waals surface area contributed by atoms with E-state index in [2.05, 4.69) is 15.6 Å². The normalized spacial score (nSPS) is 10.4. The number of aryl methyl sites for hydroxylation is 2. The van der Waals surface area contributed by atoms with Crippen LogP contribution in [0.2, 0.25) is 5.02 Å². The summed E-state index contributed by atoms with van der Waals surface area (Å²) in [5, 5.41) is 6.64. The maximum Gasteiger partial charge on any atom is 0.270 e. The van der Waals surface area contributed by atoms with Gasteiger partial charge in [-0.15, -0.1) is 0 Å². The minimum absolute atomic E-state index is 0.238. The number of carbonyl (C=O) groups excluding carboxylic acids is 1. The van der Waals surface area contributed by atoms with Crippen LogP contribution in [0.5, 0.6) is 0 Å². The van der Waals surface area contributed by atoms with Gasteiger partial charge in [0.25, 0.3) is 5.91 Å². The lowest BCUT2D eigenvalue weighted by Crippen LogP contribution is -2.27. The molecule has 0 aliphatic carbocycles. The molecule has 23 heavy (non-hydrogen) atoms. The van der Waals surface area contributed by atoms with Gasteiger partial charge in [0.05, 0.1) is 17.3 Å². The zero-order valence-electron chi connectivity index (χ0n) is 13.4. The van der Waals surface area contributed by atoms with Gasteiger partial charge in [0, 0.05) is 25.5 Å². The molecule has 0 saturated heterocycles. The average molecular weight is 334 g/mol. The average Bonchev–Trinajstić information content (AvgIpc) is 2.51. The van der Waals surface area contributed by atoms with E-state index in [-0.39, 0.29) is 5.91 Å². The largest absolute Gasteiger partial charge is 0.383 e. The summed E-state index contributed by atoms with van der Waals surface area (Å²) >= 11 is 6.30. The Balaban J connectivity index is 2.16. The molecule has 5 nitrogen and oxygen atoms in total. The topological polar surface area (TPSA) is 63.2 Å². The fourth-order valence-corrected chi connectivity index (χ4v) is 2.58. The molecule has 2 aromatic rings. The summed E-state index contributed by atoms with van der Waals surface area (Å²) in [5.74, 6) is -0.238. The standard InChI is InChI=1S/C17H20ClN3O2/c1-11-8-12(2)16(14(18)9-11)21-13-4-5-19-15(10-13)17(22)20-6-7-23-3/h4-5,8-10H,6-7H2,1-3H3,(H,19,21)(H,20,22). The van der Waals surface area contributed by atoms with Crippen molar-refractivity contribution in [2.24, 2.45) is 0 Å². The summed E-state index contributed by atoms with van der Waals surface area (Å²) in [4.78, 5) is 16.1. The molecular weight excluding hydrogens is 314 g/mol. The predicted octanol–water partition coefficient (Wildman–Crippen LogP) is 3.47. The molecule has 0 aliphatic rings. The van der Waals surface area contributed by atoms with Crippen molar-refractivity contribution in [3.05, 3.63) is 52.3 Å². The number of ether oxygens (including phenoxy) is 1. The number of rotatable bonds is 6. The van der Waals surface area contributed by atoms with Gasteiger partial charge in [0.1, 0.15) is 5.69 Å². The molecule has 1 heterocycles. The molecular formula is C17H20ClN3O2. The highest BCUT2D eigenvalue weighted by atomic mass is 35.5. The minimum Gasteiger partial charge on any atom is -0.383 e. The van der Waals surface area contributed by atoms with E-state index >= 15 is 0 Å². The Hall–Kier alpha value is -2.11. The summed E-state index contributed by atoms with van der Waals surface area (Å²) in [6.07, 6.45) is 1.59. The fourth-order valence-electron chi connectivity index (χ4n) is 2.21. The van der Waals surface area contributed by atoms with Crippen molar-refractivity contribution < 1.29 is 9.53 Å². The Kier molecular flexibility index (Phi) is 5.96. The Morgan fingerprint density at radius 2 is 2.09 bits per heavy atom. The van der Waals surface area contributed by atoms with Crippen LogP contribution in [0.3, 0.4) is 0 Å². The first-order valence-corrected chi connectivity index (χ1v) is 7.66. The van der Waals surface area contributed by atoms with E-state index in [1.54, 1.807) is 25.4 Å². The number of nitrogens with zero attached hydrogens (tertiary/aromatic N) is 1. The van der Waals surface area contributed by atoms with E-state index in [0.717, 1.165) is 22.5 Å². The van der Waals surface area contributed by atoms with E-state index in [1.807, 2.05) is 26.0 Å². The number of halogens is 1. The number of amides is 1. The summed E-state index contributed by atoms with van der Waals surface area (Å²) in [7, 11) is 1.59. The van der Waals surface area contributed by atoms with Crippen molar-refractivity contribution in [2.75, 3.05) is 25.6 Å². The van der Waals surface area contributed by atoms with Crippen molar-refractivity contribution in [1.29, 1.82) is 0 Å². The van der Waals surface area contributed by atoms with Gasteiger partial charge in [-0.1, -0.05) is 17.7 Å². The van der Waals surface area contributed by atoms with Crippen LogP contribution in [0, 0.1) is 13.8 Å². The second-order valence-corrected chi connectivity index (χ2v) is 5.65. The number of aromatic nitrogens is 1. The van der Waals surface area contributed by atoms with Crippen LogP contribution < -0.4 is 10.6 Å². The lowest BCUT2D eigenvalue weighted by Gasteiger charge is -2.13. The SMILES string of the molecule is COCCNC(=O)c1cc(Nc2c(C)cc(C)cc2Cl)ccn1. The molecule has 0 fully saturated rings. The molecule has 6 heteroatoms. The van der Waals surface area contributed by atoms with Crippen LogP contribution in [0.4, 0.5) is 11.4 Å². The first kappa shape index (κ1) is 17.2. The number of benzene rings is 1. The van der Waals surface area contributed by atoms with E-state index in [9.17, 15) is 4.79 Å².